The summed E-state index contributed by atoms with van der Waals surface area (Å²) in [6.07, 6.45) is 3.33. The van der Waals surface area contributed by atoms with E-state index in [2.05, 4.69) is 17.9 Å². The third-order valence-corrected chi connectivity index (χ3v) is 3.00. The summed E-state index contributed by atoms with van der Waals surface area (Å²) in [5.74, 6) is 0. The highest BCUT2D eigenvalue weighted by Crippen LogP contribution is 2.11. The molecule has 0 aliphatic carbocycles. The second-order valence-corrected chi connectivity index (χ2v) is 4.37. The van der Waals surface area contributed by atoms with Crippen molar-refractivity contribution in [2.24, 2.45) is 0 Å². The van der Waals surface area contributed by atoms with E-state index >= 15 is 0 Å². The molecule has 96 valence electrons. The van der Waals surface area contributed by atoms with Gasteiger partial charge in [0.2, 0.25) is 0 Å². The van der Waals surface area contributed by atoms with Gasteiger partial charge in [0.25, 0.3) is 0 Å². The van der Waals surface area contributed by atoms with Gasteiger partial charge in [0.1, 0.15) is 0 Å². The van der Waals surface area contributed by atoms with Crippen LogP contribution in [0, 0.1) is 0 Å². The average Bonchev–Trinajstić information content (AvgIpc) is 2.34. The molecule has 0 atom stereocenters. The third-order valence-electron chi connectivity index (χ3n) is 3.00. The molecule has 0 unspecified atom stereocenters. The number of aliphatic hydroxyl groups excluding tert-OH is 1. The number of benzene rings is 1. The number of para-hydroxylation sites is 1. The van der Waals surface area contributed by atoms with E-state index in [1.807, 2.05) is 18.2 Å². The van der Waals surface area contributed by atoms with Crippen LogP contribution in [0.4, 0.5) is 5.69 Å². The van der Waals surface area contributed by atoms with Gasteiger partial charge in [-0.2, -0.15) is 0 Å². The fourth-order valence-electron chi connectivity index (χ4n) is 1.90. The van der Waals surface area contributed by atoms with Crippen LogP contribution in [0.5, 0.6) is 0 Å². The van der Waals surface area contributed by atoms with Crippen LogP contribution in [-0.2, 0) is 6.42 Å². The van der Waals surface area contributed by atoms with Crippen LogP contribution in [0.1, 0.15) is 25.3 Å². The van der Waals surface area contributed by atoms with Crippen molar-refractivity contribution in [2.75, 3.05) is 32.0 Å². The number of nitrogens with two attached hydrogens (primary N) is 1. The normalized spacial score (nSPS) is 11.0. The first-order chi connectivity index (χ1) is 8.27. The van der Waals surface area contributed by atoms with Crippen LogP contribution < -0.4 is 5.73 Å². The van der Waals surface area contributed by atoms with Crippen LogP contribution in [0.25, 0.3) is 0 Å². The van der Waals surface area contributed by atoms with Gasteiger partial charge in [-0.3, -0.25) is 0 Å². The lowest BCUT2D eigenvalue weighted by Crippen LogP contribution is -2.30. The zero-order valence-corrected chi connectivity index (χ0v) is 10.7. The van der Waals surface area contributed by atoms with Crippen molar-refractivity contribution in [3.63, 3.8) is 0 Å². The zero-order chi connectivity index (χ0) is 12.5. The molecule has 1 aromatic rings. The summed E-state index contributed by atoms with van der Waals surface area (Å²) in [7, 11) is 0. The summed E-state index contributed by atoms with van der Waals surface area (Å²) >= 11 is 0. The van der Waals surface area contributed by atoms with Crippen molar-refractivity contribution >= 4 is 5.69 Å². The lowest BCUT2D eigenvalue weighted by molar-refractivity contribution is 0.195. The molecule has 0 aromatic heterocycles. The maximum absolute atomic E-state index is 9.02. The number of nitrogens with zero attached hydrogens (tertiary/aromatic N) is 1. The largest absolute Gasteiger partial charge is 0.399 e. The molecule has 0 heterocycles. The Hall–Kier alpha value is -1.06. The summed E-state index contributed by atoms with van der Waals surface area (Å²) in [6.45, 7) is 5.20. The summed E-state index contributed by atoms with van der Waals surface area (Å²) in [4.78, 5) is 2.30. The van der Waals surface area contributed by atoms with E-state index < -0.39 is 0 Å². The van der Waals surface area contributed by atoms with E-state index in [9.17, 15) is 0 Å². The van der Waals surface area contributed by atoms with Gasteiger partial charge < -0.3 is 15.7 Å². The minimum atomic E-state index is 0.230. The molecule has 0 spiro atoms. The van der Waals surface area contributed by atoms with E-state index in [0.717, 1.165) is 31.7 Å². The predicted molar refractivity (Wildman–Crippen MR) is 73.0 cm³/mol. The maximum Gasteiger partial charge on any atom is 0.0558 e. The van der Waals surface area contributed by atoms with Crippen molar-refractivity contribution in [3.8, 4) is 0 Å². The number of hydrogen-bond donors (Lipinski definition) is 2. The van der Waals surface area contributed by atoms with E-state index in [-0.39, 0.29) is 6.61 Å². The summed E-state index contributed by atoms with van der Waals surface area (Å²) in [5.41, 5.74) is 7.98. The van der Waals surface area contributed by atoms with E-state index in [0.29, 0.717) is 0 Å². The van der Waals surface area contributed by atoms with Gasteiger partial charge in [-0.05, 0) is 31.0 Å². The fraction of sp³-hybridized carbons (Fsp3) is 0.571. The standard InChI is InChI=1S/C14H24N2O/c1-2-3-9-16(11-12-17)10-8-13-6-4-5-7-14(13)15/h4-7,17H,2-3,8-12,15H2,1H3. The van der Waals surface area contributed by atoms with Crippen molar-refractivity contribution in [1.29, 1.82) is 0 Å². The third kappa shape index (κ3) is 5.20. The van der Waals surface area contributed by atoms with Gasteiger partial charge >= 0.3 is 0 Å². The van der Waals surface area contributed by atoms with Crippen LogP contribution in [-0.4, -0.2) is 36.2 Å². The molecule has 0 aliphatic heterocycles. The molecule has 3 heteroatoms. The Labute approximate surface area is 104 Å². The van der Waals surface area contributed by atoms with Crippen molar-refractivity contribution in [1.82, 2.24) is 4.90 Å². The Morgan fingerprint density at radius 3 is 2.59 bits per heavy atom. The van der Waals surface area contributed by atoms with Crippen molar-refractivity contribution < 1.29 is 5.11 Å². The average molecular weight is 236 g/mol. The van der Waals surface area contributed by atoms with Crippen LogP contribution >= 0.6 is 0 Å². The lowest BCUT2D eigenvalue weighted by atomic mass is 10.1. The monoisotopic (exact) mass is 236 g/mol. The number of unbranched alkanes of at least 4 members (excludes halogenated alkanes) is 1. The van der Waals surface area contributed by atoms with Gasteiger partial charge in [-0.1, -0.05) is 31.5 Å². The Bertz CT molecular complexity index is 315. The second kappa shape index (κ2) is 8.09. The molecule has 0 amide bonds. The van der Waals surface area contributed by atoms with Crippen LogP contribution in [0.15, 0.2) is 24.3 Å². The van der Waals surface area contributed by atoms with Gasteiger partial charge in [0.05, 0.1) is 6.61 Å². The quantitative estimate of drug-likeness (QED) is 0.678. The smallest absolute Gasteiger partial charge is 0.0558 e. The zero-order valence-electron chi connectivity index (χ0n) is 10.7. The van der Waals surface area contributed by atoms with E-state index in [1.165, 1.54) is 18.4 Å². The predicted octanol–water partition coefficient (Wildman–Crippen LogP) is 1.91. The Kier molecular flexibility index (Phi) is 6.67. The number of aliphatic hydroxyl groups is 1. The molecule has 0 aliphatic rings. The Balaban J connectivity index is 2.42. The highest BCUT2D eigenvalue weighted by Gasteiger charge is 2.05. The Morgan fingerprint density at radius 2 is 1.94 bits per heavy atom. The molecule has 3 nitrogen and oxygen atoms in total. The topological polar surface area (TPSA) is 49.5 Å². The first-order valence-electron chi connectivity index (χ1n) is 6.44. The van der Waals surface area contributed by atoms with Crippen molar-refractivity contribution in [2.45, 2.75) is 26.2 Å². The van der Waals surface area contributed by atoms with Crippen LogP contribution in [0.3, 0.4) is 0 Å². The minimum absolute atomic E-state index is 0.230. The van der Waals surface area contributed by atoms with Gasteiger partial charge in [0, 0.05) is 18.8 Å². The highest BCUT2D eigenvalue weighted by molar-refractivity contribution is 5.46. The second-order valence-electron chi connectivity index (χ2n) is 4.37. The molecule has 0 fully saturated rings. The van der Waals surface area contributed by atoms with Gasteiger partial charge in [0.15, 0.2) is 0 Å². The first-order valence-corrected chi connectivity index (χ1v) is 6.44. The fourth-order valence-corrected chi connectivity index (χ4v) is 1.90. The SMILES string of the molecule is CCCCN(CCO)CCc1ccccc1N. The summed E-state index contributed by atoms with van der Waals surface area (Å²) in [6, 6.07) is 8.00. The molecule has 0 saturated carbocycles. The number of rotatable bonds is 8. The maximum atomic E-state index is 9.02. The molecule has 1 rings (SSSR count). The molecule has 17 heavy (non-hydrogen) atoms. The first kappa shape index (κ1) is 14.0. The Morgan fingerprint density at radius 1 is 1.18 bits per heavy atom. The highest BCUT2D eigenvalue weighted by atomic mass is 16.3. The van der Waals surface area contributed by atoms with Crippen molar-refractivity contribution in [3.05, 3.63) is 29.8 Å². The molecule has 0 bridgehead atoms. The molecular weight excluding hydrogens is 212 g/mol. The van der Waals surface area contributed by atoms with E-state index in [4.69, 9.17) is 10.8 Å². The molecule has 1 aromatic carbocycles. The summed E-state index contributed by atoms with van der Waals surface area (Å²) < 4.78 is 0. The molecule has 0 saturated heterocycles. The number of nitrogen functional groups attached to an aromatic ring is 1. The molecular formula is C14H24N2O. The molecule has 0 radical (unpaired) electrons. The van der Waals surface area contributed by atoms with Crippen LogP contribution in [0.2, 0.25) is 0 Å². The number of anilines is 1. The summed E-state index contributed by atoms with van der Waals surface area (Å²) in [5, 5.41) is 9.02. The van der Waals surface area contributed by atoms with E-state index in [1.54, 1.807) is 0 Å². The minimum Gasteiger partial charge on any atom is -0.399 e. The number of hydrogen-bond acceptors (Lipinski definition) is 3. The van der Waals surface area contributed by atoms with Gasteiger partial charge in [-0.25, -0.2) is 0 Å². The molecule has 3 N–H and O–H groups in total. The lowest BCUT2D eigenvalue weighted by Gasteiger charge is -2.21. The van der Waals surface area contributed by atoms with Gasteiger partial charge in [-0.15, -0.1) is 0 Å².